The Morgan fingerprint density at radius 2 is 1.64 bits per heavy atom. The topological polar surface area (TPSA) is 29.1 Å². The summed E-state index contributed by atoms with van der Waals surface area (Å²) < 4.78 is 0. The molecule has 1 aromatic rings. The van der Waals surface area contributed by atoms with Crippen molar-refractivity contribution >= 4 is 23.2 Å². The van der Waals surface area contributed by atoms with Crippen molar-refractivity contribution in [1.29, 1.82) is 0 Å². The van der Waals surface area contributed by atoms with Crippen molar-refractivity contribution in [3.63, 3.8) is 0 Å². The van der Waals surface area contributed by atoms with Gasteiger partial charge in [0.05, 0.1) is 0 Å². The monoisotopic (exact) mass is 323 g/mol. The van der Waals surface area contributed by atoms with E-state index in [9.17, 15) is 4.79 Å². The molecule has 0 fully saturated rings. The fourth-order valence-electron chi connectivity index (χ4n) is 2.60. The van der Waals surface area contributed by atoms with Crippen molar-refractivity contribution in [3.8, 4) is 0 Å². The minimum Gasteiger partial charge on any atom is -0.325 e. The Labute approximate surface area is 140 Å². The Morgan fingerprint density at radius 3 is 2.05 bits per heavy atom. The summed E-state index contributed by atoms with van der Waals surface area (Å²) in [6.07, 6.45) is 1.65. The second-order valence-electron chi connectivity index (χ2n) is 7.25. The van der Waals surface area contributed by atoms with Crippen LogP contribution in [0.2, 0.25) is 0 Å². The maximum Gasteiger partial charge on any atom is 0.230 e. The van der Waals surface area contributed by atoms with Crippen molar-refractivity contribution < 1.29 is 4.79 Å². The molecule has 0 aromatic heterocycles. The Hall–Kier alpha value is -1.02. The fourth-order valence-corrected chi connectivity index (χ4v) is 2.73. The highest BCUT2D eigenvalue weighted by molar-refractivity contribution is 6.17. The number of para-hydroxylation sites is 1. The molecule has 1 rings (SSSR count). The van der Waals surface area contributed by atoms with E-state index in [2.05, 4.69) is 51.2 Å². The van der Waals surface area contributed by atoms with Gasteiger partial charge in [0, 0.05) is 17.0 Å². The third kappa shape index (κ3) is 4.74. The second-order valence-corrected chi connectivity index (χ2v) is 7.63. The van der Waals surface area contributed by atoms with E-state index >= 15 is 0 Å². The van der Waals surface area contributed by atoms with Crippen LogP contribution < -0.4 is 5.32 Å². The van der Waals surface area contributed by atoms with Crippen molar-refractivity contribution in [1.82, 2.24) is 0 Å². The highest BCUT2D eigenvalue weighted by atomic mass is 35.5. The van der Waals surface area contributed by atoms with Crippen LogP contribution in [0.15, 0.2) is 18.2 Å². The molecule has 3 heteroatoms. The van der Waals surface area contributed by atoms with Gasteiger partial charge >= 0.3 is 0 Å². The molecule has 0 heterocycles. The molecule has 0 atom stereocenters. The predicted octanol–water partition coefficient (Wildman–Crippen LogP) is 5.92. The molecule has 1 N–H and O–H groups in total. The minimum atomic E-state index is -0.409. The van der Waals surface area contributed by atoms with Crippen LogP contribution in [0.3, 0.4) is 0 Å². The number of carbonyl (C=O) groups is 1. The third-order valence-electron chi connectivity index (χ3n) is 4.16. The molecule has 0 radical (unpaired) electrons. The number of amides is 1. The first-order valence-corrected chi connectivity index (χ1v) is 8.74. The first kappa shape index (κ1) is 19.0. The summed E-state index contributed by atoms with van der Waals surface area (Å²) in [4.78, 5) is 12.7. The van der Waals surface area contributed by atoms with Gasteiger partial charge in [0.25, 0.3) is 0 Å². The van der Waals surface area contributed by atoms with E-state index in [0.717, 1.165) is 18.5 Å². The van der Waals surface area contributed by atoms with Gasteiger partial charge in [-0.05, 0) is 35.8 Å². The van der Waals surface area contributed by atoms with E-state index in [0.29, 0.717) is 17.7 Å². The Balaban J connectivity index is 3.12. The van der Waals surface area contributed by atoms with Crippen LogP contribution >= 0.6 is 11.6 Å². The summed E-state index contributed by atoms with van der Waals surface area (Å²) in [6, 6.07) is 6.30. The smallest absolute Gasteiger partial charge is 0.230 e. The lowest BCUT2D eigenvalue weighted by Crippen LogP contribution is -2.31. The van der Waals surface area contributed by atoms with Crippen LogP contribution in [-0.4, -0.2) is 11.8 Å². The molecule has 0 spiro atoms. The number of alkyl halides is 1. The zero-order chi connectivity index (χ0) is 16.9. The Kier molecular flexibility index (Phi) is 6.93. The number of rotatable bonds is 7. The second kappa shape index (κ2) is 8.01. The number of anilines is 1. The van der Waals surface area contributed by atoms with Crippen molar-refractivity contribution in [2.75, 3.05) is 11.2 Å². The van der Waals surface area contributed by atoms with Crippen LogP contribution in [-0.2, 0) is 4.79 Å². The van der Waals surface area contributed by atoms with Crippen LogP contribution in [0.1, 0.15) is 77.3 Å². The van der Waals surface area contributed by atoms with Crippen molar-refractivity contribution in [2.45, 2.75) is 66.2 Å². The molecule has 0 bridgehead atoms. The van der Waals surface area contributed by atoms with E-state index in [1.807, 2.05) is 13.8 Å². The van der Waals surface area contributed by atoms with E-state index in [1.54, 1.807) is 0 Å². The van der Waals surface area contributed by atoms with Crippen LogP contribution in [0.4, 0.5) is 5.69 Å². The summed E-state index contributed by atoms with van der Waals surface area (Å²) in [7, 11) is 0. The molecular weight excluding hydrogens is 294 g/mol. The summed E-state index contributed by atoms with van der Waals surface area (Å²) in [5.41, 5.74) is 2.99. The van der Waals surface area contributed by atoms with Gasteiger partial charge in [-0.3, -0.25) is 4.79 Å². The average molecular weight is 324 g/mol. The zero-order valence-corrected chi connectivity index (χ0v) is 15.6. The zero-order valence-electron chi connectivity index (χ0n) is 14.8. The summed E-state index contributed by atoms with van der Waals surface area (Å²) in [6.45, 7) is 12.6. The van der Waals surface area contributed by atoms with Gasteiger partial charge in [-0.25, -0.2) is 0 Å². The Morgan fingerprint density at radius 1 is 1.14 bits per heavy atom. The van der Waals surface area contributed by atoms with Gasteiger partial charge in [0.1, 0.15) is 0 Å². The minimum absolute atomic E-state index is 0.0765. The quantitative estimate of drug-likeness (QED) is 0.620. The predicted molar refractivity (Wildman–Crippen MR) is 97.0 cm³/mol. The van der Waals surface area contributed by atoms with Gasteiger partial charge in [0.2, 0.25) is 5.91 Å². The highest BCUT2D eigenvalue weighted by Gasteiger charge is 2.28. The Bertz CT molecular complexity index is 480. The molecular formula is C19H30ClNO. The molecule has 0 aliphatic carbocycles. The fraction of sp³-hybridized carbons (Fsp3) is 0.632. The third-order valence-corrected chi connectivity index (χ3v) is 4.43. The van der Waals surface area contributed by atoms with E-state index < -0.39 is 5.41 Å². The number of benzene rings is 1. The van der Waals surface area contributed by atoms with E-state index in [1.165, 1.54) is 11.1 Å². The van der Waals surface area contributed by atoms with Crippen molar-refractivity contribution in [3.05, 3.63) is 29.3 Å². The first-order chi connectivity index (χ1) is 10.2. The summed E-state index contributed by atoms with van der Waals surface area (Å²) in [5.74, 6) is 1.42. The summed E-state index contributed by atoms with van der Waals surface area (Å²) >= 11 is 5.77. The lowest BCUT2D eigenvalue weighted by Gasteiger charge is -2.26. The van der Waals surface area contributed by atoms with Gasteiger partial charge in [-0.15, -0.1) is 11.6 Å². The lowest BCUT2D eigenvalue weighted by atomic mass is 9.86. The molecule has 0 aliphatic rings. The molecule has 22 heavy (non-hydrogen) atoms. The molecule has 0 saturated heterocycles. The first-order valence-electron chi connectivity index (χ1n) is 8.21. The molecule has 124 valence electrons. The molecule has 1 aromatic carbocycles. The van der Waals surface area contributed by atoms with Crippen LogP contribution in [0.5, 0.6) is 0 Å². The SMILES string of the molecule is CC(C)c1cccc(C(C)C)c1NC(=O)C(C)(C)CCCCl. The molecule has 1 amide bonds. The highest BCUT2D eigenvalue weighted by Crippen LogP contribution is 2.34. The molecule has 0 aliphatic heterocycles. The number of hydrogen-bond donors (Lipinski definition) is 1. The standard InChI is InChI=1S/C19H30ClNO/c1-13(2)15-9-7-10-16(14(3)4)17(15)21-18(22)19(5,6)11-8-12-20/h7,9-10,13-14H,8,11-12H2,1-6H3,(H,21,22). The number of carbonyl (C=O) groups excluding carboxylic acids is 1. The molecule has 0 unspecified atom stereocenters. The maximum atomic E-state index is 12.7. The largest absolute Gasteiger partial charge is 0.325 e. The van der Waals surface area contributed by atoms with Crippen molar-refractivity contribution in [2.24, 2.45) is 5.41 Å². The number of halogens is 1. The van der Waals surface area contributed by atoms with Crippen LogP contribution in [0.25, 0.3) is 0 Å². The normalized spacial score (nSPS) is 12.0. The van der Waals surface area contributed by atoms with E-state index in [-0.39, 0.29) is 5.91 Å². The molecule has 2 nitrogen and oxygen atoms in total. The van der Waals surface area contributed by atoms with Gasteiger partial charge in [0.15, 0.2) is 0 Å². The maximum absolute atomic E-state index is 12.7. The van der Waals surface area contributed by atoms with Gasteiger partial charge in [-0.1, -0.05) is 59.7 Å². The number of nitrogens with one attached hydrogen (secondary N) is 1. The number of hydrogen-bond acceptors (Lipinski definition) is 1. The van der Waals surface area contributed by atoms with Gasteiger partial charge in [-0.2, -0.15) is 0 Å². The lowest BCUT2D eigenvalue weighted by molar-refractivity contribution is -0.124. The average Bonchev–Trinajstić information content (AvgIpc) is 2.44. The molecule has 0 saturated carbocycles. The summed E-state index contributed by atoms with van der Waals surface area (Å²) in [5, 5.41) is 3.21. The van der Waals surface area contributed by atoms with Gasteiger partial charge < -0.3 is 5.32 Å². The van der Waals surface area contributed by atoms with Crippen LogP contribution in [0, 0.1) is 5.41 Å². The van der Waals surface area contributed by atoms with E-state index in [4.69, 9.17) is 11.6 Å².